The lowest BCUT2D eigenvalue weighted by atomic mass is 10.4. The molecular weight excluding hydrogens is 341 g/mol. The Hall–Kier alpha value is -1.25. The fraction of sp³-hybridized carbons (Fsp3) is 0.714. The number of hydrogen-bond donors (Lipinski definition) is 0. The molecule has 0 amide bonds. The monoisotopic (exact) mass is 366 g/mol. The van der Waals surface area contributed by atoms with Crippen LogP contribution >= 0.6 is 7.82 Å². The standard InChI is InChI=1S/C14H26NO8P/c1-5-13(16)20-10-12(23-14(17)6-2)11-22-24(18,19)21-9-8-15(4)7-3/h5,12H,1,6-11H2,2-4H3,(H,18,19)/p-1. The van der Waals surface area contributed by atoms with Crippen molar-refractivity contribution in [2.24, 2.45) is 0 Å². The van der Waals surface area contributed by atoms with Crippen LogP contribution in [0.3, 0.4) is 0 Å². The first-order chi connectivity index (χ1) is 11.2. The summed E-state index contributed by atoms with van der Waals surface area (Å²) in [6, 6.07) is 0. The molecule has 0 aliphatic carbocycles. The molecule has 0 aliphatic rings. The quantitative estimate of drug-likeness (QED) is 0.261. The van der Waals surface area contributed by atoms with E-state index in [4.69, 9.17) is 14.0 Å². The minimum atomic E-state index is -4.55. The molecule has 9 nitrogen and oxygen atoms in total. The van der Waals surface area contributed by atoms with Gasteiger partial charge in [0.15, 0.2) is 6.10 Å². The van der Waals surface area contributed by atoms with Gasteiger partial charge >= 0.3 is 11.9 Å². The highest BCUT2D eigenvalue weighted by molar-refractivity contribution is 7.45. The van der Waals surface area contributed by atoms with E-state index < -0.39 is 32.5 Å². The molecule has 0 N–H and O–H groups in total. The average Bonchev–Trinajstić information content (AvgIpc) is 2.56. The van der Waals surface area contributed by atoms with E-state index in [9.17, 15) is 19.0 Å². The van der Waals surface area contributed by atoms with Crippen LogP contribution in [0.15, 0.2) is 12.7 Å². The number of likely N-dealkylation sites (N-methyl/N-ethyl adjacent to an activating group) is 1. The molecule has 0 saturated heterocycles. The average molecular weight is 366 g/mol. The van der Waals surface area contributed by atoms with Crippen molar-refractivity contribution >= 4 is 19.8 Å². The fourth-order valence-electron chi connectivity index (χ4n) is 1.30. The largest absolute Gasteiger partial charge is 0.756 e. The van der Waals surface area contributed by atoms with Gasteiger partial charge in [-0.15, -0.1) is 0 Å². The molecule has 0 aromatic carbocycles. The maximum atomic E-state index is 11.7. The van der Waals surface area contributed by atoms with Gasteiger partial charge in [-0.1, -0.05) is 20.4 Å². The molecule has 0 aromatic heterocycles. The van der Waals surface area contributed by atoms with Gasteiger partial charge in [-0.05, 0) is 13.6 Å². The summed E-state index contributed by atoms with van der Waals surface area (Å²) in [6.07, 6.45) is -0.0443. The predicted molar refractivity (Wildman–Crippen MR) is 84.0 cm³/mol. The lowest BCUT2D eigenvalue weighted by molar-refractivity contribution is -0.228. The van der Waals surface area contributed by atoms with Gasteiger partial charge in [-0.2, -0.15) is 0 Å². The van der Waals surface area contributed by atoms with Crippen molar-refractivity contribution in [2.75, 3.05) is 40.0 Å². The number of carbonyl (C=O) groups excluding carboxylic acids is 2. The van der Waals surface area contributed by atoms with Crippen LogP contribution in [-0.2, 0) is 32.7 Å². The Morgan fingerprint density at radius 2 is 1.96 bits per heavy atom. The summed E-state index contributed by atoms with van der Waals surface area (Å²) in [5.41, 5.74) is 0. The Bertz CT molecular complexity index is 456. The highest BCUT2D eigenvalue weighted by Crippen LogP contribution is 2.38. The Balaban J connectivity index is 4.43. The minimum absolute atomic E-state index is 0.0595. The minimum Gasteiger partial charge on any atom is -0.756 e. The molecule has 0 aromatic rings. The van der Waals surface area contributed by atoms with E-state index in [0.29, 0.717) is 6.54 Å². The van der Waals surface area contributed by atoms with Crippen LogP contribution in [0.25, 0.3) is 0 Å². The lowest BCUT2D eigenvalue weighted by Crippen LogP contribution is -2.30. The zero-order chi connectivity index (χ0) is 18.6. The number of nitrogens with zero attached hydrogens (tertiary/aromatic N) is 1. The molecule has 0 fully saturated rings. The van der Waals surface area contributed by atoms with Crippen LogP contribution in [0.1, 0.15) is 20.3 Å². The number of esters is 2. The number of phosphoric acid groups is 1. The van der Waals surface area contributed by atoms with Crippen LogP contribution in [0.4, 0.5) is 0 Å². The van der Waals surface area contributed by atoms with E-state index in [1.807, 2.05) is 18.9 Å². The summed E-state index contributed by atoms with van der Waals surface area (Å²) in [7, 11) is -2.73. The molecule has 0 aliphatic heterocycles. The fourth-order valence-corrected chi connectivity index (χ4v) is 2.03. The Morgan fingerprint density at radius 3 is 2.50 bits per heavy atom. The van der Waals surface area contributed by atoms with Gasteiger partial charge < -0.3 is 28.3 Å². The molecular formula is C14H25NO8P-. The maximum absolute atomic E-state index is 11.7. The molecule has 10 heteroatoms. The second kappa shape index (κ2) is 12.2. The summed E-state index contributed by atoms with van der Waals surface area (Å²) >= 11 is 0. The van der Waals surface area contributed by atoms with Crippen LogP contribution in [0.5, 0.6) is 0 Å². The van der Waals surface area contributed by atoms with Gasteiger partial charge in [-0.25, -0.2) is 4.79 Å². The maximum Gasteiger partial charge on any atom is 0.330 e. The highest BCUT2D eigenvalue weighted by Gasteiger charge is 2.20. The second-order valence-electron chi connectivity index (χ2n) is 4.77. The Labute approximate surface area is 142 Å². The van der Waals surface area contributed by atoms with E-state index in [0.717, 1.165) is 12.6 Å². The first kappa shape index (κ1) is 22.8. The van der Waals surface area contributed by atoms with Gasteiger partial charge in [0.2, 0.25) is 0 Å². The molecule has 0 rings (SSSR count). The highest BCUT2D eigenvalue weighted by atomic mass is 31.2. The predicted octanol–water partition coefficient (Wildman–Crippen LogP) is 0.491. The number of phosphoric ester groups is 1. The molecule has 2 atom stereocenters. The molecule has 0 spiro atoms. The normalized spacial score (nSPS) is 14.7. The molecule has 2 unspecified atom stereocenters. The van der Waals surface area contributed by atoms with E-state index in [1.165, 1.54) is 0 Å². The summed E-state index contributed by atoms with van der Waals surface area (Å²) < 4.78 is 30.7. The second-order valence-corrected chi connectivity index (χ2v) is 6.18. The lowest BCUT2D eigenvalue weighted by Gasteiger charge is -2.26. The van der Waals surface area contributed by atoms with Crippen LogP contribution in [0, 0.1) is 0 Å². The molecule has 0 radical (unpaired) electrons. The summed E-state index contributed by atoms with van der Waals surface area (Å²) in [6.45, 7) is 6.95. The summed E-state index contributed by atoms with van der Waals surface area (Å²) in [5, 5.41) is 0. The SMILES string of the molecule is C=CC(=O)OCC(COP(=O)([O-])OCCN(C)CC)OC(=O)CC. The molecule has 140 valence electrons. The van der Waals surface area contributed by atoms with Crippen molar-refractivity contribution in [1.82, 2.24) is 4.90 Å². The van der Waals surface area contributed by atoms with Gasteiger partial charge in [-0.3, -0.25) is 9.36 Å². The number of rotatable bonds is 13. The zero-order valence-corrected chi connectivity index (χ0v) is 15.2. The van der Waals surface area contributed by atoms with E-state index in [1.54, 1.807) is 6.92 Å². The number of carbonyl (C=O) groups is 2. The van der Waals surface area contributed by atoms with Crippen molar-refractivity contribution < 1.29 is 37.6 Å². The van der Waals surface area contributed by atoms with E-state index in [2.05, 4.69) is 11.1 Å². The van der Waals surface area contributed by atoms with E-state index >= 15 is 0 Å². The Kier molecular flexibility index (Phi) is 11.5. The van der Waals surface area contributed by atoms with Gasteiger partial charge in [0.1, 0.15) is 6.61 Å². The van der Waals surface area contributed by atoms with Crippen LogP contribution in [-0.4, -0.2) is 62.9 Å². The molecule has 0 heterocycles. The smallest absolute Gasteiger partial charge is 0.330 e. The van der Waals surface area contributed by atoms with Crippen LogP contribution in [0.2, 0.25) is 0 Å². The van der Waals surface area contributed by atoms with Crippen molar-refractivity contribution in [1.29, 1.82) is 0 Å². The Morgan fingerprint density at radius 1 is 1.29 bits per heavy atom. The van der Waals surface area contributed by atoms with E-state index in [-0.39, 0.29) is 19.6 Å². The first-order valence-corrected chi connectivity index (χ1v) is 8.97. The summed E-state index contributed by atoms with van der Waals surface area (Å²) in [4.78, 5) is 35.9. The topological polar surface area (TPSA) is 114 Å². The van der Waals surface area contributed by atoms with Crippen molar-refractivity contribution in [3.05, 3.63) is 12.7 Å². The third-order valence-electron chi connectivity index (χ3n) is 2.85. The van der Waals surface area contributed by atoms with Crippen molar-refractivity contribution in [3.63, 3.8) is 0 Å². The third kappa shape index (κ3) is 11.3. The van der Waals surface area contributed by atoms with Gasteiger partial charge in [0, 0.05) is 19.0 Å². The van der Waals surface area contributed by atoms with Gasteiger partial charge in [0.05, 0.1) is 13.2 Å². The first-order valence-electron chi connectivity index (χ1n) is 7.51. The summed E-state index contributed by atoms with van der Waals surface area (Å²) in [5.74, 6) is -1.30. The van der Waals surface area contributed by atoms with Crippen molar-refractivity contribution in [2.45, 2.75) is 26.4 Å². The van der Waals surface area contributed by atoms with Crippen molar-refractivity contribution in [3.8, 4) is 0 Å². The number of ether oxygens (including phenoxy) is 2. The number of hydrogen-bond acceptors (Lipinski definition) is 9. The van der Waals surface area contributed by atoms with Gasteiger partial charge in [0.25, 0.3) is 7.82 Å². The van der Waals surface area contributed by atoms with Crippen LogP contribution < -0.4 is 4.89 Å². The molecule has 0 bridgehead atoms. The molecule has 24 heavy (non-hydrogen) atoms. The third-order valence-corrected chi connectivity index (χ3v) is 3.81. The zero-order valence-electron chi connectivity index (χ0n) is 14.3. The molecule has 0 saturated carbocycles.